The van der Waals surface area contributed by atoms with Gasteiger partial charge in [0.1, 0.15) is 29.6 Å². The van der Waals surface area contributed by atoms with Crippen LogP contribution in [0, 0.1) is 11.6 Å². The average Bonchev–Trinajstić information content (AvgIpc) is 3.19. The summed E-state index contributed by atoms with van der Waals surface area (Å²) in [5, 5.41) is 0. The number of nitrogens with zero attached hydrogens (tertiary/aromatic N) is 3. The fourth-order valence-corrected chi connectivity index (χ4v) is 3.60. The minimum atomic E-state index is -0.602. The third kappa shape index (κ3) is 5.40. The van der Waals surface area contributed by atoms with E-state index < -0.39 is 23.3 Å². The topological polar surface area (TPSA) is 80.3 Å². The lowest BCUT2D eigenvalue weighted by molar-refractivity contribution is 0.0278. The highest BCUT2D eigenvalue weighted by Crippen LogP contribution is 2.41. The number of hydrogen-bond donors (Lipinski definition) is 1. The average molecular weight is 481 g/mol. The molecule has 0 saturated carbocycles. The number of nitrogens with one attached hydrogen (secondary N) is 1. The van der Waals surface area contributed by atoms with Crippen molar-refractivity contribution in [2.75, 3.05) is 20.2 Å². The summed E-state index contributed by atoms with van der Waals surface area (Å²) in [6.07, 6.45) is 4.25. The van der Waals surface area contributed by atoms with E-state index in [4.69, 9.17) is 9.47 Å². The molecule has 0 bridgehead atoms. The molecule has 1 amide bonds. The fourth-order valence-electron chi connectivity index (χ4n) is 3.60. The van der Waals surface area contributed by atoms with Gasteiger partial charge in [0.2, 0.25) is 0 Å². The van der Waals surface area contributed by atoms with Crippen molar-refractivity contribution in [1.29, 1.82) is 0 Å². The Balaban J connectivity index is 1.67. The van der Waals surface area contributed by atoms with Crippen LogP contribution in [-0.2, 0) is 4.74 Å². The molecule has 4 rings (SSSR count). The SMILES string of the molecule is CN(CCOc1cnccc1-c1[nH]c2cccnc2c1-c1cc(F)ccc1F)C(=O)OC(C)(C)C. The molecule has 0 aliphatic rings. The Labute approximate surface area is 201 Å². The second-order valence-corrected chi connectivity index (χ2v) is 9.02. The number of rotatable bonds is 6. The highest BCUT2D eigenvalue weighted by molar-refractivity contribution is 6.02. The van der Waals surface area contributed by atoms with Crippen molar-refractivity contribution >= 4 is 17.1 Å². The van der Waals surface area contributed by atoms with Crippen LogP contribution in [0.5, 0.6) is 5.75 Å². The van der Waals surface area contributed by atoms with Crippen molar-refractivity contribution < 1.29 is 23.0 Å². The minimum absolute atomic E-state index is 0.0809. The zero-order valence-electron chi connectivity index (χ0n) is 19.9. The van der Waals surface area contributed by atoms with Gasteiger partial charge in [-0.2, -0.15) is 0 Å². The lowest BCUT2D eigenvalue weighted by atomic mass is 10.00. The molecule has 0 saturated heterocycles. The van der Waals surface area contributed by atoms with E-state index in [-0.39, 0.29) is 18.7 Å². The Kier molecular flexibility index (Phi) is 6.68. The van der Waals surface area contributed by atoms with E-state index in [2.05, 4.69) is 15.0 Å². The van der Waals surface area contributed by atoms with Crippen molar-refractivity contribution in [2.24, 2.45) is 0 Å². The van der Waals surface area contributed by atoms with Gasteiger partial charge in [-0.1, -0.05) is 0 Å². The highest BCUT2D eigenvalue weighted by atomic mass is 19.1. The zero-order valence-corrected chi connectivity index (χ0v) is 19.9. The first kappa shape index (κ1) is 24.1. The lowest BCUT2D eigenvalue weighted by Crippen LogP contribution is -2.36. The van der Waals surface area contributed by atoms with E-state index in [1.165, 1.54) is 11.1 Å². The van der Waals surface area contributed by atoms with Crippen LogP contribution in [0.25, 0.3) is 33.4 Å². The summed E-state index contributed by atoms with van der Waals surface area (Å²) < 4.78 is 40.2. The number of benzene rings is 1. The Hall–Kier alpha value is -4.01. The smallest absolute Gasteiger partial charge is 0.410 e. The van der Waals surface area contributed by atoms with Crippen LogP contribution in [0.15, 0.2) is 55.0 Å². The third-order valence-corrected chi connectivity index (χ3v) is 5.20. The number of pyridine rings is 2. The molecule has 7 nitrogen and oxygen atoms in total. The minimum Gasteiger partial charge on any atom is -0.489 e. The highest BCUT2D eigenvalue weighted by Gasteiger charge is 2.23. The first-order valence-electron chi connectivity index (χ1n) is 11.1. The summed E-state index contributed by atoms with van der Waals surface area (Å²) in [5.41, 5.74) is 2.16. The fraction of sp³-hybridized carbons (Fsp3) is 0.269. The molecule has 0 fully saturated rings. The van der Waals surface area contributed by atoms with E-state index in [1.54, 1.807) is 52.3 Å². The maximum absolute atomic E-state index is 14.8. The number of hydrogen-bond acceptors (Lipinski definition) is 5. The normalized spacial score (nSPS) is 11.5. The Morgan fingerprint density at radius 1 is 1.11 bits per heavy atom. The molecule has 0 atom stereocenters. The molecule has 0 aliphatic heterocycles. The molecular weight excluding hydrogens is 454 g/mol. The molecule has 9 heteroatoms. The van der Waals surface area contributed by atoms with Crippen LogP contribution >= 0.6 is 0 Å². The van der Waals surface area contributed by atoms with Gasteiger partial charge in [-0.25, -0.2) is 13.6 Å². The van der Waals surface area contributed by atoms with Crippen molar-refractivity contribution in [3.8, 4) is 28.1 Å². The van der Waals surface area contributed by atoms with Gasteiger partial charge in [-0.05, 0) is 57.2 Å². The number of carbonyl (C=O) groups is 1. The summed E-state index contributed by atoms with van der Waals surface area (Å²) in [7, 11) is 1.62. The van der Waals surface area contributed by atoms with Gasteiger partial charge in [0.05, 0.1) is 29.5 Å². The lowest BCUT2D eigenvalue weighted by Gasteiger charge is -2.24. The van der Waals surface area contributed by atoms with Gasteiger partial charge in [0, 0.05) is 36.1 Å². The molecular formula is C26H26F2N4O3. The second kappa shape index (κ2) is 9.69. The maximum Gasteiger partial charge on any atom is 0.410 e. The summed E-state index contributed by atoms with van der Waals surface area (Å²) in [6.45, 7) is 5.82. The number of aromatic amines is 1. The van der Waals surface area contributed by atoms with Gasteiger partial charge >= 0.3 is 6.09 Å². The van der Waals surface area contributed by atoms with Gasteiger partial charge < -0.3 is 19.4 Å². The van der Waals surface area contributed by atoms with E-state index in [1.807, 2.05) is 6.07 Å². The predicted molar refractivity (Wildman–Crippen MR) is 129 cm³/mol. The summed E-state index contributed by atoms with van der Waals surface area (Å²) >= 11 is 0. The molecule has 182 valence electrons. The largest absolute Gasteiger partial charge is 0.489 e. The van der Waals surface area contributed by atoms with E-state index in [0.29, 0.717) is 33.6 Å². The second-order valence-electron chi connectivity index (χ2n) is 9.02. The molecule has 3 heterocycles. The summed E-state index contributed by atoms with van der Waals surface area (Å²) in [5.74, 6) is -0.724. The number of aromatic nitrogens is 3. The van der Waals surface area contributed by atoms with Crippen molar-refractivity contribution in [3.63, 3.8) is 0 Å². The number of likely N-dealkylation sites (N-methyl/N-ethyl adjacent to an activating group) is 1. The summed E-state index contributed by atoms with van der Waals surface area (Å²) in [6, 6.07) is 8.59. The first-order chi connectivity index (χ1) is 16.6. The Morgan fingerprint density at radius 2 is 1.91 bits per heavy atom. The van der Waals surface area contributed by atoms with Crippen LogP contribution in [0.3, 0.4) is 0 Å². The quantitative estimate of drug-likeness (QED) is 0.376. The van der Waals surface area contributed by atoms with Crippen LogP contribution < -0.4 is 4.74 Å². The van der Waals surface area contributed by atoms with Crippen molar-refractivity contribution in [1.82, 2.24) is 19.9 Å². The van der Waals surface area contributed by atoms with Gasteiger partial charge in [-0.3, -0.25) is 9.97 Å². The standard InChI is InChI=1S/C26H26F2N4O3/c1-26(2,3)35-25(33)32(4)12-13-34-21-15-29-11-9-17(21)23-22(18-14-16(27)7-8-19(18)28)24-20(31-23)6-5-10-30-24/h5-11,14-15,31H,12-13H2,1-4H3. The molecule has 0 unspecified atom stereocenters. The maximum atomic E-state index is 14.8. The molecule has 1 aromatic carbocycles. The first-order valence-corrected chi connectivity index (χ1v) is 11.1. The molecule has 35 heavy (non-hydrogen) atoms. The number of halogens is 2. The van der Waals surface area contributed by atoms with Crippen LogP contribution in [0.4, 0.5) is 13.6 Å². The van der Waals surface area contributed by atoms with E-state index in [9.17, 15) is 13.6 Å². The van der Waals surface area contributed by atoms with Crippen molar-refractivity contribution in [2.45, 2.75) is 26.4 Å². The van der Waals surface area contributed by atoms with Crippen molar-refractivity contribution in [3.05, 3.63) is 66.6 Å². The van der Waals surface area contributed by atoms with E-state index in [0.717, 1.165) is 18.2 Å². The molecule has 3 aromatic heterocycles. The predicted octanol–water partition coefficient (Wildman–Crippen LogP) is 5.82. The van der Waals surface area contributed by atoms with Gasteiger partial charge in [0.25, 0.3) is 0 Å². The molecule has 0 aliphatic carbocycles. The molecule has 0 spiro atoms. The van der Waals surface area contributed by atoms with Crippen LogP contribution in [0.1, 0.15) is 20.8 Å². The monoisotopic (exact) mass is 480 g/mol. The van der Waals surface area contributed by atoms with Crippen LogP contribution in [0.2, 0.25) is 0 Å². The van der Waals surface area contributed by atoms with E-state index >= 15 is 0 Å². The Bertz CT molecular complexity index is 1360. The van der Waals surface area contributed by atoms with Gasteiger partial charge in [-0.15, -0.1) is 0 Å². The number of carbonyl (C=O) groups excluding carboxylic acids is 1. The molecule has 4 aromatic rings. The number of amides is 1. The van der Waals surface area contributed by atoms with Gasteiger partial charge in [0.15, 0.2) is 0 Å². The zero-order chi connectivity index (χ0) is 25.2. The number of ether oxygens (including phenoxy) is 2. The Morgan fingerprint density at radius 3 is 2.69 bits per heavy atom. The number of H-pyrrole nitrogens is 1. The number of fused-ring (bicyclic) bond motifs is 1. The third-order valence-electron chi connectivity index (χ3n) is 5.20. The van der Waals surface area contributed by atoms with Crippen LogP contribution in [-0.4, -0.2) is 51.7 Å². The molecule has 1 N–H and O–H groups in total. The molecule has 0 radical (unpaired) electrons. The summed E-state index contributed by atoms with van der Waals surface area (Å²) in [4.78, 5) is 25.4.